The Morgan fingerprint density at radius 1 is 1.21 bits per heavy atom. The minimum atomic E-state index is -0.863. The summed E-state index contributed by atoms with van der Waals surface area (Å²) in [5.41, 5.74) is 0.194. The second kappa shape index (κ2) is 10.5. The van der Waals surface area contributed by atoms with Crippen molar-refractivity contribution in [1.82, 2.24) is 20.5 Å². The molecule has 0 bridgehead atoms. The molecule has 2 fully saturated rings. The molecule has 0 atom stereocenters. The van der Waals surface area contributed by atoms with Crippen molar-refractivity contribution in [1.29, 1.82) is 0 Å². The molecule has 8 nitrogen and oxygen atoms in total. The van der Waals surface area contributed by atoms with Crippen LogP contribution in [0.5, 0.6) is 5.88 Å². The monoisotopic (exact) mass is 506 g/mol. The lowest BCUT2D eigenvalue weighted by Crippen LogP contribution is -2.63. The maximum Gasteiger partial charge on any atom is 0.253 e. The molecule has 10 heteroatoms. The van der Waals surface area contributed by atoms with Crippen molar-refractivity contribution in [2.45, 2.75) is 43.4 Å². The molecule has 3 N–H and O–H groups in total. The molecule has 1 aromatic carbocycles. The molecule has 2 amide bonds. The number of likely N-dealkylation sites (tertiary alicyclic amines) is 1. The van der Waals surface area contributed by atoms with Gasteiger partial charge in [-0.3, -0.25) is 14.5 Å². The standard InChI is InChI=1S/C24H28Cl2N4O4/c1-34-21-6-5-15(11-27-21)24(33)9-7-17(8-10-24)30-13-16(14-30)29-20(31)12-28-23(32)18-3-2-4-19(25)22(18)26/h2-6,11,16-17,33H,7-10,12-14H2,1H3,(H,28,32)(H,29,31). The fourth-order valence-corrected chi connectivity index (χ4v) is 5.01. The molecule has 1 saturated heterocycles. The van der Waals surface area contributed by atoms with Crippen molar-refractivity contribution >= 4 is 35.0 Å². The van der Waals surface area contributed by atoms with Crippen LogP contribution >= 0.6 is 23.2 Å². The molecule has 0 spiro atoms. The zero-order chi connectivity index (χ0) is 24.3. The third-order valence-corrected chi connectivity index (χ3v) is 7.48. The second-order valence-corrected chi connectivity index (χ2v) is 9.64. The Morgan fingerprint density at radius 2 is 1.94 bits per heavy atom. The number of aromatic nitrogens is 1. The molecule has 2 aliphatic rings. The fourth-order valence-electron chi connectivity index (χ4n) is 4.63. The predicted octanol–water partition coefficient (Wildman–Crippen LogP) is 2.76. The van der Waals surface area contributed by atoms with Crippen LogP contribution in [0.3, 0.4) is 0 Å². The Kier molecular flexibility index (Phi) is 7.62. The quantitative estimate of drug-likeness (QED) is 0.533. The fraction of sp³-hybridized carbons (Fsp3) is 0.458. The molecule has 1 saturated carbocycles. The van der Waals surface area contributed by atoms with Crippen LogP contribution < -0.4 is 15.4 Å². The van der Waals surface area contributed by atoms with Crippen molar-refractivity contribution in [3.05, 3.63) is 57.7 Å². The molecule has 34 heavy (non-hydrogen) atoms. The van der Waals surface area contributed by atoms with E-state index in [2.05, 4.69) is 20.5 Å². The topological polar surface area (TPSA) is 104 Å². The average molecular weight is 507 g/mol. The Morgan fingerprint density at radius 3 is 2.59 bits per heavy atom. The highest BCUT2D eigenvalue weighted by Crippen LogP contribution is 2.39. The Balaban J connectivity index is 1.18. The SMILES string of the molecule is COc1ccc(C2(O)CCC(N3CC(NC(=O)CNC(=O)c4cccc(Cl)c4Cl)C3)CC2)cn1. The van der Waals surface area contributed by atoms with Gasteiger partial charge in [-0.05, 0) is 43.9 Å². The van der Waals surface area contributed by atoms with Gasteiger partial charge >= 0.3 is 0 Å². The molecule has 1 aromatic heterocycles. The minimum absolute atomic E-state index is 0.0470. The van der Waals surface area contributed by atoms with E-state index >= 15 is 0 Å². The lowest BCUT2D eigenvalue weighted by atomic mass is 9.77. The number of carbonyl (C=O) groups excluding carboxylic acids is 2. The van der Waals surface area contributed by atoms with Crippen LogP contribution in [0.1, 0.15) is 41.6 Å². The zero-order valence-electron chi connectivity index (χ0n) is 18.9. The number of rotatable bonds is 7. The van der Waals surface area contributed by atoms with Crippen LogP contribution in [0, 0.1) is 0 Å². The van der Waals surface area contributed by atoms with Gasteiger partial charge in [-0.25, -0.2) is 4.98 Å². The van der Waals surface area contributed by atoms with E-state index in [0.717, 1.165) is 31.5 Å². The number of amides is 2. The molecule has 182 valence electrons. The highest BCUT2D eigenvalue weighted by atomic mass is 35.5. The van der Waals surface area contributed by atoms with Crippen molar-refractivity contribution in [2.75, 3.05) is 26.7 Å². The van der Waals surface area contributed by atoms with E-state index in [9.17, 15) is 14.7 Å². The number of aliphatic hydroxyl groups is 1. The summed E-state index contributed by atoms with van der Waals surface area (Å²) in [5.74, 6) is -0.164. The number of nitrogens with one attached hydrogen (secondary N) is 2. The van der Waals surface area contributed by atoms with Gasteiger partial charge in [0.2, 0.25) is 11.8 Å². The lowest BCUT2D eigenvalue weighted by Gasteiger charge is -2.48. The van der Waals surface area contributed by atoms with Crippen molar-refractivity contribution in [3.8, 4) is 5.88 Å². The van der Waals surface area contributed by atoms with Crippen LogP contribution in [0.25, 0.3) is 0 Å². The van der Waals surface area contributed by atoms with Crippen molar-refractivity contribution in [3.63, 3.8) is 0 Å². The molecule has 1 aliphatic heterocycles. The van der Waals surface area contributed by atoms with Gasteiger partial charge in [-0.15, -0.1) is 0 Å². The van der Waals surface area contributed by atoms with Crippen LogP contribution in [0.4, 0.5) is 0 Å². The molecule has 1 aliphatic carbocycles. The number of nitrogens with zero attached hydrogens (tertiary/aromatic N) is 2. The molecule has 0 unspecified atom stereocenters. The number of hydrogen-bond donors (Lipinski definition) is 3. The van der Waals surface area contributed by atoms with E-state index < -0.39 is 11.5 Å². The Bertz CT molecular complexity index is 1040. The molecular weight excluding hydrogens is 479 g/mol. The lowest BCUT2D eigenvalue weighted by molar-refractivity contribution is -0.122. The van der Waals surface area contributed by atoms with Gasteiger partial charge in [0.15, 0.2) is 0 Å². The van der Waals surface area contributed by atoms with Gasteiger partial charge in [0.25, 0.3) is 5.91 Å². The number of methoxy groups -OCH3 is 1. The normalized spacial score (nSPS) is 23.1. The molecule has 2 aromatic rings. The number of benzene rings is 1. The maximum atomic E-state index is 12.3. The maximum absolute atomic E-state index is 12.3. The van der Waals surface area contributed by atoms with Crippen LogP contribution in [-0.2, 0) is 10.4 Å². The van der Waals surface area contributed by atoms with Crippen LogP contribution in [0.2, 0.25) is 10.0 Å². The number of carbonyl (C=O) groups is 2. The first-order valence-electron chi connectivity index (χ1n) is 11.3. The van der Waals surface area contributed by atoms with E-state index in [1.54, 1.807) is 37.6 Å². The van der Waals surface area contributed by atoms with E-state index in [-0.39, 0.29) is 34.1 Å². The summed E-state index contributed by atoms with van der Waals surface area (Å²) >= 11 is 12.0. The highest BCUT2D eigenvalue weighted by Gasteiger charge is 2.40. The summed E-state index contributed by atoms with van der Waals surface area (Å²) < 4.78 is 5.09. The summed E-state index contributed by atoms with van der Waals surface area (Å²) in [6.07, 6.45) is 4.77. The third kappa shape index (κ3) is 5.46. The first-order chi connectivity index (χ1) is 16.3. The largest absolute Gasteiger partial charge is 0.481 e. The number of pyridine rings is 1. The van der Waals surface area contributed by atoms with Crippen molar-refractivity contribution < 1.29 is 19.4 Å². The summed E-state index contributed by atoms with van der Waals surface area (Å²) in [4.78, 5) is 31.1. The van der Waals surface area contributed by atoms with Gasteiger partial charge in [0.05, 0.1) is 40.9 Å². The van der Waals surface area contributed by atoms with Crippen molar-refractivity contribution in [2.24, 2.45) is 0 Å². The zero-order valence-corrected chi connectivity index (χ0v) is 20.4. The van der Waals surface area contributed by atoms with Gasteiger partial charge in [0, 0.05) is 37.0 Å². The second-order valence-electron chi connectivity index (χ2n) is 8.85. The van der Waals surface area contributed by atoms with Gasteiger partial charge in [0.1, 0.15) is 0 Å². The van der Waals surface area contributed by atoms with E-state index in [1.807, 2.05) is 6.07 Å². The highest BCUT2D eigenvalue weighted by molar-refractivity contribution is 6.43. The third-order valence-electron chi connectivity index (χ3n) is 6.66. The van der Waals surface area contributed by atoms with E-state index in [1.165, 1.54) is 0 Å². The minimum Gasteiger partial charge on any atom is -0.481 e. The van der Waals surface area contributed by atoms with E-state index in [0.29, 0.717) is 24.8 Å². The first kappa shape index (κ1) is 24.7. The van der Waals surface area contributed by atoms with Gasteiger partial charge in [-0.1, -0.05) is 29.3 Å². The Labute approximate surface area is 208 Å². The summed E-state index contributed by atoms with van der Waals surface area (Å²) in [5, 5.41) is 17.1. The molecular formula is C24H28Cl2N4O4. The molecule has 2 heterocycles. The average Bonchev–Trinajstić information content (AvgIpc) is 2.82. The number of ether oxygens (including phenoxy) is 1. The number of halogens is 2. The predicted molar refractivity (Wildman–Crippen MR) is 129 cm³/mol. The summed E-state index contributed by atoms with van der Waals surface area (Å²) in [6.45, 7) is 1.38. The smallest absolute Gasteiger partial charge is 0.253 e. The van der Waals surface area contributed by atoms with E-state index in [4.69, 9.17) is 27.9 Å². The summed E-state index contributed by atoms with van der Waals surface area (Å²) in [7, 11) is 1.57. The molecule has 4 rings (SSSR count). The van der Waals surface area contributed by atoms with Gasteiger partial charge in [-0.2, -0.15) is 0 Å². The summed E-state index contributed by atoms with van der Waals surface area (Å²) in [6, 6.07) is 8.86. The molecule has 0 radical (unpaired) electrons. The van der Waals surface area contributed by atoms with Crippen LogP contribution in [-0.4, -0.2) is 65.6 Å². The van der Waals surface area contributed by atoms with Crippen LogP contribution in [0.15, 0.2) is 36.5 Å². The van der Waals surface area contributed by atoms with Gasteiger partial charge < -0.3 is 20.5 Å². The Hall–Kier alpha value is -2.39. The first-order valence-corrected chi connectivity index (χ1v) is 12.0. The number of hydrogen-bond acceptors (Lipinski definition) is 6.